The first kappa shape index (κ1) is 12.4. The van der Waals surface area contributed by atoms with Crippen molar-refractivity contribution in [3.63, 3.8) is 0 Å². The van der Waals surface area contributed by atoms with Crippen molar-refractivity contribution in [2.45, 2.75) is 38.1 Å². The lowest BCUT2D eigenvalue weighted by Crippen LogP contribution is -2.24. The van der Waals surface area contributed by atoms with E-state index in [4.69, 9.17) is 10.7 Å². The fraction of sp³-hybridized carbons (Fsp3) is 0.438. The highest BCUT2D eigenvalue weighted by molar-refractivity contribution is 7.15. The van der Waals surface area contributed by atoms with Crippen molar-refractivity contribution in [2.24, 2.45) is 5.73 Å². The molecule has 0 bridgehead atoms. The third-order valence-corrected chi connectivity index (χ3v) is 5.32. The second-order valence-corrected chi connectivity index (χ2v) is 6.73. The van der Waals surface area contributed by atoms with Crippen molar-refractivity contribution in [3.8, 4) is 0 Å². The summed E-state index contributed by atoms with van der Waals surface area (Å²) in [6, 6.07) is 8.71. The molecule has 4 rings (SSSR count). The predicted molar refractivity (Wildman–Crippen MR) is 83.7 cm³/mol. The second kappa shape index (κ2) is 4.86. The zero-order valence-corrected chi connectivity index (χ0v) is 12.3. The number of aryl methyl sites for hydroxylation is 1. The number of para-hydroxylation sites is 1. The Kier molecular flexibility index (Phi) is 3.00. The van der Waals surface area contributed by atoms with Crippen molar-refractivity contribution >= 4 is 22.2 Å². The molecule has 104 valence electrons. The molecule has 1 saturated carbocycles. The van der Waals surface area contributed by atoms with Gasteiger partial charge in [-0.2, -0.15) is 0 Å². The highest BCUT2D eigenvalue weighted by Crippen LogP contribution is 2.45. The van der Waals surface area contributed by atoms with E-state index in [0.29, 0.717) is 12.5 Å². The van der Waals surface area contributed by atoms with E-state index in [1.54, 1.807) is 11.3 Å². The Morgan fingerprint density at radius 3 is 2.95 bits per heavy atom. The molecule has 1 aliphatic carbocycles. The van der Waals surface area contributed by atoms with Crippen LogP contribution in [-0.4, -0.2) is 11.5 Å². The number of thiazole rings is 1. The highest BCUT2D eigenvalue weighted by Gasteiger charge is 2.31. The molecule has 20 heavy (non-hydrogen) atoms. The van der Waals surface area contributed by atoms with Gasteiger partial charge in [0.2, 0.25) is 0 Å². The summed E-state index contributed by atoms with van der Waals surface area (Å²) < 4.78 is 0. The lowest BCUT2D eigenvalue weighted by Gasteiger charge is -2.28. The molecule has 2 aromatic rings. The Bertz CT molecular complexity index is 630. The molecular weight excluding hydrogens is 266 g/mol. The van der Waals surface area contributed by atoms with Crippen LogP contribution in [0.3, 0.4) is 0 Å². The van der Waals surface area contributed by atoms with Crippen molar-refractivity contribution in [1.29, 1.82) is 0 Å². The first-order chi connectivity index (χ1) is 9.86. The predicted octanol–water partition coefficient (Wildman–Crippen LogP) is 3.56. The minimum Gasteiger partial charge on any atom is -0.326 e. The maximum absolute atomic E-state index is 5.91. The molecule has 0 radical (unpaired) electrons. The molecule has 0 unspecified atom stereocenters. The average Bonchev–Trinajstić information content (AvgIpc) is 3.26. The lowest BCUT2D eigenvalue weighted by atomic mass is 10.0. The number of rotatable bonds is 3. The molecule has 1 aromatic heterocycles. The van der Waals surface area contributed by atoms with Crippen LogP contribution in [0.2, 0.25) is 0 Å². The van der Waals surface area contributed by atoms with E-state index in [9.17, 15) is 0 Å². The quantitative estimate of drug-likeness (QED) is 0.937. The van der Waals surface area contributed by atoms with Gasteiger partial charge in [-0.15, -0.1) is 0 Å². The van der Waals surface area contributed by atoms with Crippen LogP contribution in [0.1, 0.15) is 41.3 Å². The van der Waals surface area contributed by atoms with Crippen molar-refractivity contribution in [3.05, 3.63) is 40.4 Å². The number of fused-ring (bicyclic) bond motifs is 1. The van der Waals surface area contributed by atoms with Crippen molar-refractivity contribution in [2.75, 3.05) is 11.4 Å². The molecule has 2 heterocycles. The van der Waals surface area contributed by atoms with Crippen LogP contribution in [-0.2, 0) is 13.0 Å². The number of hydrogen-bond acceptors (Lipinski definition) is 4. The molecule has 4 heteroatoms. The van der Waals surface area contributed by atoms with E-state index in [-0.39, 0.29) is 0 Å². The van der Waals surface area contributed by atoms with Crippen LogP contribution in [0.4, 0.5) is 10.8 Å². The Labute approximate surface area is 123 Å². The maximum Gasteiger partial charge on any atom is 0.190 e. The van der Waals surface area contributed by atoms with E-state index < -0.39 is 0 Å². The first-order valence-corrected chi connectivity index (χ1v) is 8.23. The Hall–Kier alpha value is -1.39. The van der Waals surface area contributed by atoms with E-state index >= 15 is 0 Å². The zero-order chi connectivity index (χ0) is 13.5. The fourth-order valence-electron chi connectivity index (χ4n) is 3.02. The molecule has 0 atom stereocenters. The van der Waals surface area contributed by atoms with E-state index in [2.05, 4.69) is 29.2 Å². The fourth-order valence-corrected chi connectivity index (χ4v) is 4.08. The highest BCUT2D eigenvalue weighted by atomic mass is 32.1. The number of nitrogens with zero attached hydrogens (tertiary/aromatic N) is 2. The summed E-state index contributed by atoms with van der Waals surface area (Å²) in [6.45, 7) is 1.69. The summed E-state index contributed by atoms with van der Waals surface area (Å²) in [4.78, 5) is 8.60. The van der Waals surface area contributed by atoms with E-state index in [1.807, 2.05) is 0 Å². The summed E-state index contributed by atoms with van der Waals surface area (Å²) in [5.74, 6) is 0.679. The standard InChI is InChI=1S/C16H19N3S/c17-10-14-15(12-7-8-12)18-16(20-14)19-9-3-5-11-4-1-2-6-13(11)19/h1-2,4,6,12H,3,5,7-10,17H2. The number of benzene rings is 1. The number of hydrogen-bond donors (Lipinski definition) is 1. The summed E-state index contributed by atoms with van der Waals surface area (Å²) in [5.41, 5.74) is 9.95. The van der Waals surface area contributed by atoms with Crippen LogP contribution in [0.5, 0.6) is 0 Å². The van der Waals surface area contributed by atoms with E-state index in [0.717, 1.165) is 11.7 Å². The van der Waals surface area contributed by atoms with Crippen LogP contribution < -0.4 is 10.6 Å². The van der Waals surface area contributed by atoms with Crippen LogP contribution >= 0.6 is 11.3 Å². The third-order valence-electron chi connectivity index (χ3n) is 4.21. The largest absolute Gasteiger partial charge is 0.326 e. The van der Waals surface area contributed by atoms with Crippen molar-refractivity contribution in [1.82, 2.24) is 4.98 Å². The average molecular weight is 285 g/mol. The molecule has 1 aromatic carbocycles. The molecular formula is C16H19N3S. The molecule has 3 nitrogen and oxygen atoms in total. The van der Waals surface area contributed by atoms with Gasteiger partial charge in [0.05, 0.1) is 5.69 Å². The zero-order valence-electron chi connectivity index (χ0n) is 11.5. The van der Waals surface area contributed by atoms with Gasteiger partial charge in [0.1, 0.15) is 0 Å². The van der Waals surface area contributed by atoms with Crippen LogP contribution in [0, 0.1) is 0 Å². The Morgan fingerprint density at radius 2 is 2.15 bits per heavy atom. The van der Waals surface area contributed by atoms with Gasteiger partial charge in [-0.3, -0.25) is 0 Å². The van der Waals surface area contributed by atoms with Gasteiger partial charge < -0.3 is 10.6 Å². The maximum atomic E-state index is 5.91. The topological polar surface area (TPSA) is 42.1 Å². The van der Waals surface area contributed by atoms with Gasteiger partial charge in [0.25, 0.3) is 0 Å². The van der Waals surface area contributed by atoms with Gasteiger partial charge >= 0.3 is 0 Å². The number of aromatic nitrogens is 1. The van der Waals surface area contributed by atoms with Gasteiger partial charge in [-0.25, -0.2) is 4.98 Å². The summed E-state index contributed by atoms with van der Waals surface area (Å²) in [5, 5.41) is 1.14. The van der Waals surface area contributed by atoms with Gasteiger partial charge in [-0.1, -0.05) is 29.5 Å². The van der Waals surface area contributed by atoms with Gasteiger partial charge in [-0.05, 0) is 37.3 Å². The van der Waals surface area contributed by atoms with Crippen LogP contribution in [0.25, 0.3) is 0 Å². The van der Waals surface area contributed by atoms with Crippen molar-refractivity contribution < 1.29 is 0 Å². The Balaban J connectivity index is 1.75. The molecule has 2 N–H and O–H groups in total. The normalized spacial score (nSPS) is 18.1. The summed E-state index contributed by atoms with van der Waals surface area (Å²) in [6.07, 6.45) is 4.95. The molecule has 0 spiro atoms. The Morgan fingerprint density at radius 1 is 1.30 bits per heavy atom. The number of nitrogens with two attached hydrogens (primary N) is 1. The molecule has 1 aliphatic heterocycles. The summed E-state index contributed by atoms with van der Waals surface area (Å²) >= 11 is 1.79. The minimum atomic E-state index is 0.624. The molecule has 0 amide bonds. The van der Waals surface area contributed by atoms with Gasteiger partial charge in [0, 0.05) is 29.6 Å². The molecule has 0 saturated heterocycles. The SMILES string of the molecule is NCc1sc(N2CCCc3ccccc32)nc1C1CC1. The lowest BCUT2D eigenvalue weighted by molar-refractivity contribution is 0.763. The third kappa shape index (κ3) is 2.03. The van der Waals surface area contributed by atoms with Crippen LogP contribution in [0.15, 0.2) is 24.3 Å². The number of anilines is 2. The van der Waals surface area contributed by atoms with Gasteiger partial charge in [0.15, 0.2) is 5.13 Å². The second-order valence-electron chi connectivity index (χ2n) is 5.67. The first-order valence-electron chi connectivity index (χ1n) is 7.42. The smallest absolute Gasteiger partial charge is 0.190 e. The van der Waals surface area contributed by atoms with E-state index in [1.165, 1.54) is 47.5 Å². The minimum absolute atomic E-state index is 0.624. The molecule has 1 fully saturated rings. The monoisotopic (exact) mass is 285 g/mol. The summed E-state index contributed by atoms with van der Waals surface area (Å²) in [7, 11) is 0. The molecule has 2 aliphatic rings.